The van der Waals surface area contributed by atoms with E-state index in [1.54, 1.807) is 7.11 Å². The van der Waals surface area contributed by atoms with Gasteiger partial charge in [-0.1, -0.05) is 6.92 Å². The molecule has 0 saturated carbocycles. The molecular weight excluding hydrogens is 180 g/mol. The van der Waals surface area contributed by atoms with E-state index in [2.05, 4.69) is 17.6 Å². The molecule has 1 saturated heterocycles. The summed E-state index contributed by atoms with van der Waals surface area (Å²) >= 11 is 0. The van der Waals surface area contributed by atoms with Crippen LogP contribution < -0.4 is 10.6 Å². The number of carbonyl (C=O) groups is 1. The van der Waals surface area contributed by atoms with Gasteiger partial charge in [0.1, 0.15) is 0 Å². The highest BCUT2D eigenvalue weighted by Gasteiger charge is 2.23. The predicted molar refractivity (Wildman–Crippen MR) is 55.1 cm³/mol. The molecule has 0 bridgehead atoms. The van der Waals surface area contributed by atoms with Crippen molar-refractivity contribution in [1.82, 2.24) is 10.6 Å². The van der Waals surface area contributed by atoms with Gasteiger partial charge in [0.2, 0.25) is 5.91 Å². The van der Waals surface area contributed by atoms with E-state index >= 15 is 0 Å². The molecular formula is C10H20N2O2. The minimum Gasteiger partial charge on any atom is -0.385 e. The first kappa shape index (κ1) is 11.5. The van der Waals surface area contributed by atoms with Gasteiger partial charge in [0, 0.05) is 32.7 Å². The lowest BCUT2D eigenvalue weighted by Gasteiger charge is -2.15. The summed E-state index contributed by atoms with van der Waals surface area (Å²) in [5, 5.41) is 6.29. The van der Waals surface area contributed by atoms with Crippen molar-refractivity contribution in [2.45, 2.75) is 25.8 Å². The van der Waals surface area contributed by atoms with Crippen molar-refractivity contribution in [2.75, 3.05) is 26.8 Å². The number of methoxy groups -OCH3 is 1. The van der Waals surface area contributed by atoms with Crippen LogP contribution in [0.15, 0.2) is 0 Å². The Hall–Kier alpha value is -0.610. The Kier molecular flexibility index (Phi) is 4.90. The molecule has 1 rings (SSSR count). The third-order valence-electron chi connectivity index (χ3n) is 2.62. The average Bonchev–Trinajstić information content (AvgIpc) is 2.52. The van der Waals surface area contributed by atoms with Crippen LogP contribution in [0.5, 0.6) is 0 Å². The summed E-state index contributed by atoms with van der Waals surface area (Å²) in [5.41, 5.74) is 0. The fourth-order valence-corrected chi connectivity index (χ4v) is 1.66. The second-order valence-electron chi connectivity index (χ2n) is 3.91. The third kappa shape index (κ3) is 3.64. The van der Waals surface area contributed by atoms with Gasteiger partial charge in [-0.25, -0.2) is 0 Å². The molecule has 1 amide bonds. The minimum atomic E-state index is 0.141. The van der Waals surface area contributed by atoms with Gasteiger partial charge in [-0.05, 0) is 18.9 Å². The Morgan fingerprint density at radius 2 is 2.36 bits per heavy atom. The van der Waals surface area contributed by atoms with Crippen LogP contribution in [0.4, 0.5) is 0 Å². The summed E-state index contributed by atoms with van der Waals surface area (Å²) in [6, 6.07) is 0.310. The van der Waals surface area contributed by atoms with Crippen molar-refractivity contribution in [3.05, 3.63) is 0 Å². The van der Waals surface area contributed by atoms with Crippen LogP contribution >= 0.6 is 0 Å². The molecule has 1 aliphatic rings. The highest BCUT2D eigenvalue weighted by Crippen LogP contribution is 2.07. The molecule has 0 aliphatic carbocycles. The van der Waals surface area contributed by atoms with Gasteiger partial charge in [-0.2, -0.15) is 0 Å². The molecule has 4 heteroatoms. The molecule has 1 fully saturated rings. The van der Waals surface area contributed by atoms with Crippen molar-refractivity contribution in [3.8, 4) is 0 Å². The Morgan fingerprint density at radius 3 is 2.93 bits per heavy atom. The lowest BCUT2D eigenvalue weighted by Crippen LogP contribution is -2.39. The second-order valence-corrected chi connectivity index (χ2v) is 3.91. The molecule has 1 aliphatic heterocycles. The summed E-state index contributed by atoms with van der Waals surface area (Å²) in [4.78, 5) is 11.4. The maximum absolute atomic E-state index is 11.4. The van der Waals surface area contributed by atoms with Crippen LogP contribution in [0, 0.1) is 5.92 Å². The van der Waals surface area contributed by atoms with E-state index in [1.807, 2.05) is 0 Å². The number of rotatable bonds is 5. The zero-order valence-electron chi connectivity index (χ0n) is 9.01. The van der Waals surface area contributed by atoms with E-state index in [4.69, 9.17) is 4.74 Å². The summed E-state index contributed by atoms with van der Waals surface area (Å²) in [5.74, 6) is 0.684. The molecule has 1 heterocycles. The van der Waals surface area contributed by atoms with Crippen molar-refractivity contribution < 1.29 is 9.53 Å². The Labute approximate surface area is 85.4 Å². The van der Waals surface area contributed by atoms with Gasteiger partial charge in [-0.3, -0.25) is 4.79 Å². The average molecular weight is 200 g/mol. The first-order chi connectivity index (χ1) is 6.74. The van der Waals surface area contributed by atoms with E-state index in [1.165, 1.54) is 0 Å². The maximum Gasteiger partial charge on any atom is 0.220 e. The quantitative estimate of drug-likeness (QED) is 0.621. The fraction of sp³-hybridized carbons (Fsp3) is 0.900. The van der Waals surface area contributed by atoms with Gasteiger partial charge in [0.15, 0.2) is 0 Å². The molecule has 0 aromatic heterocycles. The van der Waals surface area contributed by atoms with E-state index < -0.39 is 0 Å². The number of hydrogen-bond donors (Lipinski definition) is 2. The SMILES string of the molecule is COCCCC(=O)NC1CNCC1C. The predicted octanol–water partition coefficient (Wildman–Crippen LogP) is 0.137. The molecule has 0 radical (unpaired) electrons. The number of hydrogen-bond acceptors (Lipinski definition) is 3. The van der Waals surface area contributed by atoms with Crippen molar-refractivity contribution in [2.24, 2.45) is 5.92 Å². The standard InChI is InChI=1S/C10H20N2O2/c1-8-6-11-7-9(8)12-10(13)4-3-5-14-2/h8-9,11H,3-7H2,1-2H3,(H,12,13). The zero-order valence-corrected chi connectivity index (χ0v) is 9.01. The van der Waals surface area contributed by atoms with Gasteiger partial charge >= 0.3 is 0 Å². The summed E-state index contributed by atoms with van der Waals surface area (Å²) in [6.07, 6.45) is 1.37. The summed E-state index contributed by atoms with van der Waals surface area (Å²) in [6.45, 7) is 4.71. The largest absolute Gasteiger partial charge is 0.385 e. The first-order valence-corrected chi connectivity index (χ1v) is 5.23. The topological polar surface area (TPSA) is 50.4 Å². The molecule has 0 aromatic rings. The Bertz CT molecular complexity index is 185. The third-order valence-corrected chi connectivity index (χ3v) is 2.62. The van der Waals surface area contributed by atoms with E-state index in [-0.39, 0.29) is 5.91 Å². The molecule has 0 spiro atoms. The summed E-state index contributed by atoms with van der Waals surface area (Å²) in [7, 11) is 1.65. The molecule has 82 valence electrons. The van der Waals surface area contributed by atoms with Crippen LogP contribution in [0.1, 0.15) is 19.8 Å². The Morgan fingerprint density at radius 1 is 1.57 bits per heavy atom. The normalized spacial score (nSPS) is 26.4. The maximum atomic E-state index is 11.4. The van der Waals surface area contributed by atoms with Crippen molar-refractivity contribution >= 4 is 5.91 Å². The first-order valence-electron chi connectivity index (χ1n) is 5.23. The van der Waals surface area contributed by atoms with Crippen molar-refractivity contribution in [3.63, 3.8) is 0 Å². The smallest absolute Gasteiger partial charge is 0.220 e. The van der Waals surface area contributed by atoms with Crippen LogP contribution in [-0.2, 0) is 9.53 Å². The van der Waals surface area contributed by atoms with Crippen LogP contribution in [0.25, 0.3) is 0 Å². The number of carbonyl (C=O) groups excluding carboxylic acids is 1. The summed E-state index contributed by atoms with van der Waals surface area (Å²) < 4.78 is 4.89. The van der Waals surface area contributed by atoms with E-state index in [0.717, 1.165) is 19.5 Å². The monoisotopic (exact) mass is 200 g/mol. The van der Waals surface area contributed by atoms with Gasteiger partial charge < -0.3 is 15.4 Å². The van der Waals surface area contributed by atoms with E-state index in [0.29, 0.717) is 25.0 Å². The number of ether oxygens (including phenoxy) is 1. The molecule has 14 heavy (non-hydrogen) atoms. The zero-order chi connectivity index (χ0) is 10.4. The van der Waals surface area contributed by atoms with E-state index in [9.17, 15) is 4.79 Å². The van der Waals surface area contributed by atoms with Crippen LogP contribution in [0.2, 0.25) is 0 Å². The van der Waals surface area contributed by atoms with Gasteiger partial charge in [0.05, 0.1) is 0 Å². The highest BCUT2D eigenvalue weighted by molar-refractivity contribution is 5.76. The lowest BCUT2D eigenvalue weighted by molar-refractivity contribution is -0.122. The van der Waals surface area contributed by atoms with Gasteiger partial charge in [-0.15, -0.1) is 0 Å². The van der Waals surface area contributed by atoms with Crippen LogP contribution in [0.3, 0.4) is 0 Å². The Balaban J connectivity index is 2.13. The highest BCUT2D eigenvalue weighted by atomic mass is 16.5. The number of amides is 1. The lowest BCUT2D eigenvalue weighted by atomic mass is 10.1. The molecule has 2 atom stereocenters. The number of nitrogens with one attached hydrogen (secondary N) is 2. The molecule has 4 nitrogen and oxygen atoms in total. The van der Waals surface area contributed by atoms with Crippen LogP contribution in [-0.4, -0.2) is 38.8 Å². The van der Waals surface area contributed by atoms with Crippen molar-refractivity contribution in [1.29, 1.82) is 0 Å². The minimum absolute atomic E-state index is 0.141. The molecule has 0 aromatic carbocycles. The fourth-order valence-electron chi connectivity index (χ4n) is 1.66. The second kappa shape index (κ2) is 5.98. The molecule has 2 unspecified atom stereocenters. The van der Waals surface area contributed by atoms with Gasteiger partial charge in [0.25, 0.3) is 0 Å². The molecule has 2 N–H and O–H groups in total.